The van der Waals surface area contributed by atoms with E-state index in [0.717, 1.165) is 62.5 Å². The van der Waals surface area contributed by atoms with Crippen LogP contribution < -0.4 is 4.74 Å². The molecule has 37 heavy (non-hydrogen) atoms. The number of thioether (sulfide) groups is 2. The van der Waals surface area contributed by atoms with Crippen molar-refractivity contribution in [2.75, 3.05) is 18.6 Å². The Hall–Kier alpha value is -3.41. The highest BCUT2D eigenvalue weighted by Gasteiger charge is 2.27. The van der Waals surface area contributed by atoms with Crippen LogP contribution in [-0.2, 0) is 4.79 Å². The van der Waals surface area contributed by atoms with Gasteiger partial charge in [0, 0.05) is 22.0 Å². The molecule has 0 N–H and O–H groups in total. The molecule has 4 aromatic carbocycles. The van der Waals surface area contributed by atoms with Gasteiger partial charge in [0.1, 0.15) is 10.3 Å². The lowest BCUT2D eigenvalue weighted by Crippen LogP contribution is -2.19. The highest BCUT2D eigenvalue weighted by molar-refractivity contribution is 8.18. The van der Waals surface area contributed by atoms with E-state index < -0.39 is 0 Å². The monoisotopic (exact) mass is 521 g/mol. The molecule has 0 saturated carbocycles. The summed E-state index contributed by atoms with van der Waals surface area (Å²) in [5.41, 5.74) is 6.12. The van der Waals surface area contributed by atoms with E-state index in [1.165, 1.54) is 5.39 Å². The molecule has 184 valence electrons. The Kier molecular flexibility index (Phi) is 6.81. The third-order valence-electron chi connectivity index (χ3n) is 6.73. The third-order valence-corrected chi connectivity index (χ3v) is 9.63. The molecule has 1 aromatic heterocycles. The van der Waals surface area contributed by atoms with Crippen LogP contribution in [0.4, 0.5) is 0 Å². The number of nitrogens with zero attached hydrogens (tertiary/aromatic N) is 1. The first-order chi connectivity index (χ1) is 18.2. The second kappa shape index (κ2) is 10.5. The molecule has 6 rings (SSSR count). The van der Waals surface area contributed by atoms with Crippen LogP contribution in [0.15, 0.2) is 97.1 Å². The summed E-state index contributed by atoms with van der Waals surface area (Å²) >= 11 is 3.53. The Morgan fingerprint density at radius 1 is 0.838 bits per heavy atom. The van der Waals surface area contributed by atoms with Gasteiger partial charge in [-0.25, -0.2) is 0 Å². The molecule has 0 unspecified atom stereocenters. The van der Waals surface area contributed by atoms with Gasteiger partial charge in [-0.1, -0.05) is 54.6 Å². The predicted octanol–water partition coefficient (Wildman–Crippen LogP) is 8.10. The van der Waals surface area contributed by atoms with E-state index in [-0.39, 0.29) is 10.4 Å². The molecule has 1 aliphatic heterocycles. The number of rotatable bonds is 6. The fourth-order valence-electron chi connectivity index (χ4n) is 4.93. The van der Waals surface area contributed by atoms with Crippen molar-refractivity contribution < 1.29 is 9.53 Å². The number of ketones is 1. The molecule has 0 aliphatic carbocycles. The molecule has 1 aliphatic rings. The molecular weight excluding hydrogens is 494 g/mol. The number of carbonyl (C=O) groups is 1. The lowest BCUT2D eigenvalue weighted by molar-refractivity contribution is -0.112. The second-order valence-corrected chi connectivity index (χ2v) is 11.8. The number of carbonyl (C=O) groups excluding carboxylic acids is 1. The summed E-state index contributed by atoms with van der Waals surface area (Å²) in [5, 5.41) is 2.33. The number of allylic oxidation sites excluding steroid dienone is 1. The van der Waals surface area contributed by atoms with Crippen molar-refractivity contribution in [1.82, 2.24) is 4.57 Å². The number of aromatic nitrogens is 1. The quantitative estimate of drug-likeness (QED) is 0.167. The van der Waals surface area contributed by atoms with E-state index in [2.05, 4.69) is 71.3 Å². The van der Waals surface area contributed by atoms with Crippen LogP contribution in [0.1, 0.15) is 17.5 Å². The Morgan fingerprint density at radius 3 is 2.30 bits per heavy atom. The minimum absolute atomic E-state index is 0.0698. The molecule has 0 radical (unpaired) electrons. The molecule has 0 bridgehead atoms. The van der Waals surface area contributed by atoms with Gasteiger partial charge in [0.25, 0.3) is 0 Å². The van der Waals surface area contributed by atoms with Gasteiger partial charge in [0.2, 0.25) is 0 Å². The van der Waals surface area contributed by atoms with Gasteiger partial charge in [-0.15, -0.1) is 23.5 Å². The Balaban J connectivity index is 1.52. The van der Waals surface area contributed by atoms with Crippen LogP contribution in [0.2, 0.25) is 0 Å². The number of hydrogen-bond donors (Lipinski definition) is 0. The number of ether oxygens (including phenoxy) is 1. The van der Waals surface area contributed by atoms with Crippen LogP contribution in [0, 0.1) is 0 Å². The number of hydrogen-bond acceptors (Lipinski definition) is 4. The minimum atomic E-state index is -0.0698. The summed E-state index contributed by atoms with van der Waals surface area (Å²) in [6, 6.07) is 33.3. The Bertz CT molecular complexity index is 1600. The van der Waals surface area contributed by atoms with Gasteiger partial charge >= 0.3 is 0 Å². The SMILES string of the molecule is COc1ccc(C=C(C(=O)C2SCCCS2)c2ccc3c(c2)c2ccccc2n3-c2ccccc2)cc1. The van der Waals surface area contributed by atoms with E-state index in [9.17, 15) is 4.79 Å². The van der Waals surface area contributed by atoms with Crippen molar-refractivity contribution in [3.8, 4) is 11.4 Å². The number of methoxy groups -OCH3 is 1. The smallest absolute Gasteiger partial charge is 0.186 e. The summed E-state index contributed by atoms with van der Waals surface area (Å²) in [6.07, 6.45) is 3.19. The summed E-state index contributed by atoms with van der Waals surface area (Å²) < 4.78 is 7.56. The first-order valence-electron chi connectivity index (χ1n) is 12.4. The van der Waals surface area contributed by atoms with Crippen LogP contribution in [0.3, 0.4) is 0 Å². The number of para-hydroxylation sites is 2. The van der Waals surface area contributed by atoms with Crippen molar-refractivity contribution in [3.05, 3.63) is 108 Å². The van der Waals surface area contributed by atoms with E-state index in [1.807, 2.05) is 36.4 Å². The van der Waals surface area contributed by atoms with Gasteiger partial charge in [-0.2, -0.15) is 0 Å². The summed E-state index contributed by atoms with van der Waals surface area (Å²) in [5.74, 6) is 3.06. The van der Waals surface area contributed by atoms with Crippen molar-refractivity contribution in [2.24, 2.45) is 0 Å². The third kappa shape index (κ3) is 4.70. The summed E-state index contributed by atoms with van der Waals surface area (Å²) in [7, 11) is 1.67. The first-order valence-corrected chi connectivity index (χ1v) is 14.5. The minimum Gasteiger partial charge on any atom is -0.497 e. The molecule has 2 heterocycles. The zero-order valence-electron chi connectivity index (χ0n) is 20.6. The van der Waals surface area contributed by atoms with E-state index >= 15 is 0 Å². The number of benzene rings is 4. The van der Waals surface area contributed by atoms with Crippen molar-refractivity contribution in [3.63, 3.8) is 0 Å². The van der Waals surface area contributed by atoms with Gasteiger partial charge in [0.15, 0.2) is 5.78 Å². The summed E-state index contributed by atoms with van der Waals surface area (Å²) in [4.78, 5) is 13.9. The number of Topliss-reactive ketones (excluding diaryl/α,β-unsaturated/α-hetero) is 1. The Labute approximate surface area is 225 Å². The lowest BCUT2D eigenvalue weighted by atomic mass is 9.97. The maximum atomic E-state index is 13.9. The number of fused-ring (bicyclic) bond motifs is 3. The predicted molar refractivity (Wildman–Crippen MR) is 160 cm³/mol. The second-order valence-electron chi connectivity index (χ2n) is 9.04. The average molecular weight is 522 g/mol. The highest BCUT2D eigenvalue weighted by atomic mass is 32.2. The maximum absolute atomic E-state index is 13.9. The Morgan fingerprint density at radius 2 is 1.54 bits per heavy atom. The molecule has 3 nitrogen and oxygen atoms in total. The zero-order chi connectivity index (χ0) is 25.2. The van der Waals surface area contributed by atoms with Crippen molar-refractivity contribution in [1.29, 1.82) is 0 Å². The largest absolute Gasteiger partial charge is 0.497 e. The fourth-order valence-corrected chi connectivity index (χ4v) is 7.68. The molecule has 0 atom stereocenters. The average Bonchev–Trinajstić information content (AvgIpc) is 3.30. The summed E-state index contributed by atoms with van der Waals surface area (Å²) in [6.45, 7) is 0. The fraction of sp³-hybridized carbons (Fsp3) is 0.156. The van der Waals surface area contributed by atoms with Crippen LogP contribution in [-0.4, -0.2) is 33.5 Å². The standard InChI is InChI=1S/C32H27NO2S2/c1-35-25-15-12-22(13-16-25)20-27(31(34)32-36-18-7-19-37-32)23-14-17-30-28(21-23)26-10-5-6-11-29(26)33(30)24-8-3-2-4-9-24/h2-6,8-17,20-21,32H,7,18-19H2,1H3. The van der Waals surface area contributed by atoms with E-state index in [1.54, 1.807) is 30.6 Å². The lowest BCUT2D eigenvalue weighted by Gasteiger charge is -2.21. The molecule has 5 aromatic rings. The highest BCUT2D eigenvalue weighted by Crippen LogP contribution is 2.38. The molecule has 1 saturated heterocycles. The first kappa shape index (κ1) is 24.0. The zero-order valence-corrected chi connectivity index (χ0v) is 22.2. The van der Waals surface area contributed by atoms with Crippen LogP contribution >= 0.6 is 23.5 Å². The maximum Gasteiger partial charge on any atom is 0.186 e. The molecule has 0 amide bonds. The van der Waals surface area contributed by atoms with E-state index in [4.69, 9.17) is 4.74 Å². The van der Waals surface area contributed by atoms with Crippen LogP contribution in [0.25, 0.3) is 39.1 Å². The van der Waals surface area contributed by atoms with Crippen molar-refractivity contribution >= 4 is 62.8 Å². The van der Waals surface area contributed by atoms with Crippen molar-refractivity contribution in [2.45, 2.75) is 11.0 Å². The molecular formula is C32H27NO2S2. The van der Waals surface area contributed by atoms with Gasteiger partial charge < -0.3 is 9.30 Å². The molecule has 1 fully saturated rings. The van der Waals surface area contributed by atoms with Gasteiger partial charge in [0.05, 0.1) is 18.1 Å². The van der Waals surface area contributed by atoms with E-state index in [0.29, 0.717) is 0 Å². The topological polar surface area (TPSA) is 31.2 Å². The normalized spacial score (nSPS) is 14.8. The molecule has 5 heteroatoms. The van der Waals surface area contributed by atoms with Gasteiger partial charge in [-0.05, 0) is 77.6 Å². The molecule has 0 spiro atoms. The van der Waals surface area contributed by atoms with Gasteiger partial charge in [-0.3, -0.25) is 4.79 Å². The van der Waals surface area contributed by atoms with Crippen LogP contribution in [0.5, 0.6) is 5.75 Å².